The minimum absolute atomic E-state index is 0. The van der Waals surface area contributed by atoms with Crippen LogP contribution in [0.3, 0.4) is 0 Å². The molecule has 2 fully saturated rings. The molecule has 0 radical (unpaired) electrons. The number of carbonyl (C=O) groups excluding carboxylic acids is 1. The van der Waals surface area contributed by atoms with Crippen molar-refractivity contribution in [3.8, 4) is 5.75 Å². The van der Waals surface area contributed by atoms with Gasteiger partial charge in [0.25, 0.3) is 0 Å². The van der Waals surface area contributed by atoms with E-state index in [1.165, 1.54) is 16.9 Å². The number of aromatic hydroxyl groups is 1. The van der Waals surface area contributed by atoms with E-state index < -0.39 is 19.0 Å². The Bertz CT molecular complexity index is 1230. The molecule has 0 saturated heterocycles. The Labute approximate surface area is 271 Å². The van der Waals surface area contributed by atoms with Gasteiger partial charge in [-0.05, 0) is 86.0 Å². The Morgan fingerprint density at radius 2 is 2.05 bits per heavy atom. The molecule has 3 aliphatic rings. The number of aryl methyl sites for hydroxylation is 2. The van der Waals surface area contributed by atoms with E-state index in [1.807, 2.05) is 19.9 Å². The minimum atomic E-state index is -5.45. The topological polar surface area (TPSA) is 155 Å². The second-order valence-corrected chi connectivity index (χ2v) is 13.1. The monoisotopic (exact) mass is 580 g/mol. The first-order valence-corrected chi connectivity index (χ1v) is 14.7. The van der Waals surface area contributed by atoms with Crippen LogP contribution >= 0.6 is 19.2 Å². The third-order valence-corrected chi connectivity index (χ3v) is 10.1. The van der Waals surface area contributed by atoms with Gasteiger partial charge in [-0.1, -0.05) is 13.0 Å². The third kappa shape index (κ3) is 6.32. The molecule has 1 aromatic carbocycles. The van der Waals surface area contributed by atoms with Crippen molar-refractivity contribution in [2.75, 3.05) is 5.32 Å². The largest absolute Gasteiger partial charge is 1.00 e. The average Bonchev–Trinajstić information content (AvgIpc) is 3.28. The number of anilines is 1. The summed E-state index contributed by atoms with van der Waals surface area (Å²) in [5.41, 5.74) is 1.35. The van der Waals surface area contributed by atoms with Crippen molar-refractivity contribution in [3.63, 3.8) is 0 Å². The van der Waals surface area contributed by atoms with E-state index in [9.17, 15) is 29.4 Å². The smallest absolute Gasteiger partial charge is 0.790 e. The van der Waals surface area contributed by atoms with E-state index in [0.29, 0.717) is 24.4 Å². The number of fused-ring (bicyclic) bond motifs is 5. The average molecular weight is 581 g/mol. The maximum Gasteiger partial charge on any atom is 1.00 e. The molecule has 0 aliphatic heterocycles. The molecule has 9 nitrogen and oxygen atoms in total. The molecule has 38 heavy (non-hydrogen) atoms. The van der Waals surface area contributed by atoms with Gasteiger partial charge in [-0.15, -0.1) is 11.3 Å². The van der Waals surface area contributed by atoms with Crippen molar-refractivity contribution < 1.29 is 93.0 Å². The van der Waals surface area contributed by atoms with Gasteiger partial charge >= 0.3 is 59.1 Å². The summed E-state index contributed by atoms with van der Waals surface area (Å²) in [5, 5.41) is 24.8. The number of aromatic nitrogens is 1. The van der Waals surface area contributed by atoms with E-state index in [2.05, 4.69) is 10.3 Å². The Morgan fingerprint density at radius 1 is 1.32 bits per heavy atom. The summed E-state index contributed by atoms with van der Waals surface area (Å²) in [7, 11) is -5.45. The van der Waals surface area contributed by atoms with Crippen molar-refractivity contribution >= 4 is 30.2 Å². The summed E-state index contributed by atoms with van der Waals surface area (Å²) in [6.45, 7) is 3.73. The fourth-order valence-corrected chi connectivity index (χ4v) is 8.71. The van der Waals surface area contributed by atoms with E-state index in [1.54, 1.807) is 18.3 Å². The van der Waals surface area contributed by atoms with Crippen LogP contribution in [0.2, 0.25) is 0 Å². The number of phenolic OH excluding ortho intramolecular Hbond substituents is 1. The molecular formula is C25H31N2Na2O7PS. The van der Waals surface area contributed by atoms with Crippen molar-refractivity contribution in [2.45, 2.75) is 70.5 Å². The number of phosphoric acid groups is 1. The number of benzene rings is 1. The van der Waals surface area contributed by atoms with Gasteiger partial charge in [-0.3, -0.25) is 4.79 Å². The number of aliphatic hydroxyl groups is 1. The third-order valence-electron chi connectivity index (χ3n) is 8.77. The van der Waals surface area contributed by atoms with Crippen LogP contribution in [0.25, 0.3) is 0 Å². The molecule has 3 N–H and O–H groups in total. The number of amides is 1. The standard InChI is InChI=1S/C25H33N2O7PS.2Na/c1-14-13-26-23(36-14)27-21(29)8-4-16-12-25(30,34-35(31,32)33)24(2)10-9-19-18-7-5-17(28)11-15(18)3-6-20(19)22(16)24;;/h5,7,11,13,16,19-20,22,28,30H,3-4,6,8-10,12H2,1-2H3,(H,26,27,29)(H2,31,32,33);;/q;2*+1/p-2/t16-,19?,20?,22?,24+,25+;;/m1../s1. The van der Waals surface area contributed by atoms with Crippen LogP contribution in [0.1, 0.15) is 67.4 Å². The first kappa shape index (κ1) is 32.7. The Hall–Kier alpha value is 0.190. The predicted octanol–water partition coefficient (Wildman–Crippen LogP) is -2.80. The van der Waals surface area contributed by atoms with Crippen LogP contribution in [-0.2, 0) is 20.3 Å². The fourth-order valence-electron chi connectivity index (χ4n) is 7.38. The van der Waals surface area contributed by atoms with Crippen molar-refractivity contribution in [1.82, 2.24) is 4.98 Å². The van der Waals surface area contributed by atoms with Crippen LogP contribution in [0.4, 0.5) is 5.13 Å². The zero-order valence-corrected chi connectivity index (χ0v) is 28.0. The number of carbonyl (C=O) groups is 1. The maximum absolute atomic E-state index is 12.7. The number of hydrogen-bond acceptors (Lipinski definition) is 9. The summed E-state index contributed by atoms with van der Waals surface area (Å²) in [6, 6.07) is 5.46. The van der Waals surface area contributed by atoms with E-state index in [4.69, 9.17) is 4.52 Å². The Morgan fingerprint density at radius 3 is 2.71 bits per heavy atom. The number of rotatable bonds is 6. The molecule has 6 atom stereocenters. The van der Waals surface area contributed by atoms with E-state index in [0.717, 1.165) is 23.3 Å². The number of nitrogens with one attached hydrogen (secondary N) is 1. The Kier molecular flexibility index (Phi) is 10.5. The second-order valence-electron chi connectivity index (χ2n) is 10.8. The second kappa shape index (κ2) is 12.2. The summed E-state index contributed by atoms with van der Waals surface area (Å²) in [6.07, 6.45) is 5.04. The van der Waals surface area contributed by atoms with Crippen LogP contribution in [0.15, 0.2) is 24.4 Å². The maximum atomic E-state index is 12.7. The van der Waals surface area contributed by atoms with Gasteiger partial charge in [0.2, 0.25) is 5.91 Å². The fraction of sp³-hybridized carbons (Fsp3) is 0.600. The predicted molar refractivity (Wildman–Crippen MR) is 130 cm³/mol. The van der Waals surface area contributed by atoms with Crippen LogP contribution in [-0.4, -0.2) is 26.9 Å². The molecule has 1 aromatic heterocycles. The molecule has 5 rings (SSSR count). The number of nitrogens with zero attached hydrogens (tertiary/aromatic N) is 1. The van der Waals surface area contributed by atoms with Crippen LogP contribution in [0.5, 0.6) is 5.75 Å². The number of phenols is 1. The molecule has 0 bridgehead atoms. The quantitative estimate of drug-likeness (QED) is 0.188. The summed E-state index contributed by atoms with van der Waals surface area (Å²) >= 11 is 1.39. The first-order valence-electron chi connectivity index (χ1n) is 12.4. The van der Waals surface area contributed by atoms with Crippen molar-refractivity contribution in [1.29, 1.82) is 0 Å². The molecule has 13 heteroatoms. The van der Waals surface area contributed by atoms with Crippen molar-refractivity contribution in [3.05, 3.63) is 40.4 Å². The Balaban J connectivity index is 0.00000200. The number of hydrogen-bond donors (Lipinski definition) is 3. The van der Waals surface area contributed by atoms with Gasteiger partial charge in [-0.25, -0.2) is 4.98 Å². The number of thiazole rings is 1. The first-order chi connectivity index (χ1) is 16.9. The minimum Gasteiger partial charge on any atom is -0.790 e. The SMILES string of the molecule is Cc1cnc(NC(=O)CC[C@@H]2C[C@](O)(OP(=O)([O-])[O-])[C@@]3(C)CCC4c5ccc(O)cc5CCC4C23)s1.[Na+].[Na+]. The molecular weight excluding hydrogens is 549 g/mol. The molecule has 3 unspecified atom stereocenters. The molecule has 0 spiro atoms. The molecule has 2 saturated carbocycles. The van der Waals surface area contributed by atoms with Gasteiger partial charge in [-0.2, -0.15) is 0 Å². The van der Waals surface area contributed by atoms with E-state index >= 15 is 0 Å². The zero-order chi connectivity index (χ0) is 25.9. The van der Waals surface area contributed by atoms with Gasteiger partial charge in [0.15, 0.2) is 10.9 Å². The normalized spacial score (nSPS) is 31.7. The molecule has 2 aromatic rings. The van der Waals surface area contributed by atoms with Crippen LogP contribution in [0, 0.1) is 30.1 Å². The van der Waals surface area contributed by atoms with Gasteiger partial charge in [0, 0.05) is 29.3 Å². The molecule has 3 aliphatic carbocycles. The molecule has 196 valence electrons. The van der Waals surface area contributed by atoms with Gasteiger partial charge in [0.05, 0.1) is 7.82 Å². The van der Waals surface area contributed by atoms with Crippen molar-refractivity contribution in [2.24, 2.45) is 23.2 Å². The van der Waals surface area contributed by atoms with Gasteiger partial charge in [0.1, 0.15) is 5.75 Å². The van der Waals surface area contributed by atoms with Crippen LogP contribution < -0.4 is 74.2 Å². The number of phosphoric ester groups is 1. The van der Waals surface area contributed by atoms with E-state index in [-0.39, 0.29) is 107 Å². The molecule has 1 heterocycles. The zero-order valence-electron chi connectivity index (χ0n) is 22.3. The summed E-state index contributed by atoms with van der Waals surface area (Å²) in [5.74, 6) is -2.09. The summed E-state index contributed by atoms with van der Waals surface area (Å²) < 4.78 is 16.6. The van der Waals surface area contributed by atoms with Gasteiger partial charge < -0.3 is 34.4 Å². The summed E-state index contributed by atoms with van der Waals surface area (Å²) in [4.78, 5) is 41.2. The molecule has 1 amide bonds.